The third-order valence-corrected chi connectivity index (χ3v) is 5.31. The molecular weight excluding hydrogens is 291 g/mol. The van der Waals surface area contributed by atoms with Gasteiger partial charge in [0.15, 0.2) is 0 Å². The van der Waals surface area contributed by atoms with Gasteiger partial charge in [-0.15, -0.1) is 0 Å². The lowest BCUT2D eigenvalue weighted by Crippen LogP contribution is -2.56. The molecule has 1 aliphatic heterocycles. The molecule has 2 fully saturated rings. The van der Waals surface area contributed by atoms with Gasteiger partial charge in [0.2, 0.25) is 0 Å². The Kier molecular flexibility index (Phi) is 4.28. The zero-order valence-corrected chi connectivity index (χ0v) is 13.6. The lowest BCUT2D eigenvalue weighted by atomic mass is 10.00. The average Bonchev–Trinajstić information content (AvgIpc) is 3.23. The van der Waals surface area contributed by atoms with Crippen LogP contribution in [0.5, 0.6) is 0 Å². The number of piperazine rings is 1. The lowest BCUT2D eigenvalue weighted by Gasteiger charge is -2.43. The highest BCUT2D eigenvalue weighted by molar-refractivity contribution is 6.35. The molecule has 1 aliphatic carbocycles. The van der Waals surface area contributed by atoms with Gasteiger partial charge >= 0.3 is 0 Å². The highest BCUT2D eigenvalue weighted by Gasteiger charge is 2.37. The SMILES string of the molecule is CC1CNC(C2CC2)CN1C(C)c1ccc(Cl)cc1Cl. The van der Waals surface area contributed by atoms with Crippen LogP contribution in [0.4, 0.5) is 0 Å². The summed E-state index contributed by atoms with van der Waals surface area (Å²) in [5.74, 6) is 0.887. The fraction of sp³-hybridized carbons (Fsp3) is 0.625. The largest absolute Gasteiger partial charge is 0.311 e. The predicted octanol–water partition coefficient (Wildman–Crippen LogP) is 4.13. The molecule has 0 radical (unpaired) electrons. The first-order valence-corrected chi connectivity index (χ1v) is 8.26. The van der Waals surface area contributed by atoms with E-state index in [1.54, 1.807) is 0 Å². The molecule has 1 aromatic carbocycles. The first-order chi connectivity index (χ1) is 9.56. The standard InChI is InChI=1S/C16H22Cl2N2/c1-10-8-19-16(12-3-4-12)9-20(10)11(2)14-6-5-13(17)7-15(14)18/h5-7,10-12,16,19H,3-4,8-9H2,1-2H3. The van der Waals surface area contributed by atoms with Crippen LogP contribution < -0.4 is 5.32 Å². The third-order valence-electron chi connectivity index (χ3n) is 4.75. The minimum absolute atomic E-state index is 0.332. The minimum Gasteiger partial charge on any atom is -0.311 e. The van der Waals surface area contributed by atoms with Crippen LogP contribution in [0, 0.1) is 5.92 Å². The van der Waals surface area contributed by atoms with Gasteiger partial charge in [0.05, 0.1) is 0 Å². The number of nitrogens with zero attached hydrogens (tertiary/aromatic N) is 1. The topological polar surface area (TPSA) is 15.3 Å². The molecule has 0 bridgehead atoms. The van der Waals surface area contributed by atoms with Gasteiger partial charge in [0.25, 0.3) is 0 Å². The fourth-order valence-electron chi connectivity index (χ4n) is 3.28. The van der Waals surface area contributed by atoms with Crippen LogP contribution in [0.2, 0.25) is 10.0 Å². The summed E-state index contributed by atoms with van der Waals surface area (Å²) in [5.41, 5.74) is 1.18. The zero-order chi connectivity index (χ0) is 14.3. The zero-order valence-electron chi connectivity index (χ0n) is 12.1. The van der Waals surface area contributed by atoms with E-state index < -0.39 is 0 Å². The van der Waals surface area contributed by atoms with Crippen LogP contribution in [0.15, 0.2) is 18.2 Å². The first kappa shape index (κ1) is 14.6. The van der Waals surface area contributed by atoms with Gasteiger partial charge in [0.1, 0.15) is 0 Å². The van der Waals surface area contributed by atoms with E-state index in [0.717, 1.165) is 24.0 Å². The van der Waals surface area contributed by atoms with Crippen molar-refractivity contribution in [3.05, 3.63) is 33.8 Å². The molecule has 3 unspecified atom stereocenters. The van der Waals surface area contributed by atoms with E-state index >= 15 is 0 Å². The van der Waals surface area contributed by atoms with Gasteiger partial charge in [-0.1, -0.05) is 29.3 Å². The number of hydrogen-bond acceptors (Lipinski definition) is 2. The second-order valence-electron chi connectivity index (χ2n) is 6.24. The Morgan fingerprint density at radius 3 is 2.70 bits per heavy atom. The highest BCUT2D eigenvalue weighted by Crippen LogP contribution is 2.37. The van der Waals surface area contributed by atoms with Crippen molar-refractivity contribution in [3.63, 3.8) is 0 Å². The quantitative estimate of drug-likeness (QED) is 0.903. The predicted molar refractivity (Wildman–Crippen MR) is 85.6 cm³/mol. The molecule has 3 rings (SSSR count). The monoisotopic (exact) mass is 312 g/mol. The Bertz CT molecular complexity index is 487. The average molecular weight is 313 g/mol. The fourth-order valence-corrected chi connectivity index (χ4v) is 3.85. The molecule has 0 amide bonds. The smallest absolute Gasteiger partial charge is 0.0468 e. The van der Waals surface area contributed by atoms with Crippen molar-refractivity contribution in [1.29, 1.82) is 0 Å². The number of rotatable bonds is 3. The molecule has 1 saturated carbocycles. The van der Waals surface area contributed by atoms with Crippen molar-refractivity contribution in [3.8, 4) is 0 Å². The van der Waals surface area contributed by atoms with E-state index in [4.69, 9.17) is 23.2 Å². The second-order valence-corrected chi connectivity index (χ2v) is 7.08. The summed E-state index contributed by atoms with van der Waals surface area (Å²) in [6, 6.07) is 7.37. The van der Waals surface area contributed by atoms with Gasteiger partial charge in [-0.3, -0.25) is 4.90 Å². The molecule has 3 atom stereocenters. The molecule has 0 aromatic heterocycles. The summed E-state index contributed by atoms with van der Waals surface area (Å²) in [6.45, 7) is 6.72. The van der Waals surface area contributed by atoms with Crippen LogP contribution in [-0.4, -0.2) is 30.1 Å². The molecule has 2 nitrogen and oxygen atoms in total. The second kappa shape index (κ2) is 5.84. The molecule has 1 heterocycles. The van der Waals surface area contributed by atoms with Crippen LogP contribution in [-0.2, 0) is 0 Å². The van der Waals surface area contributed by atoms with E-state index in [2.05, 4.69) is 30.1 Å². The van der Waals surface area contributed by atoms with Gasteiger partial charge in [0, 0.05) is 41.3 Å². The van der Waals surface area contributed by atoms with Gasteiger partial charge in [-0.25, -0.2) is 0 Å². The molecule has 20 heavy (non-hydrogen) atoms. The third kappa shape index (κ3) is 2.99. The molecule has 1 N–H and O–H groups in total. The number of hydrogen-bond donors (Lipinski definition) is 1. The Labute approximate surface area is 131 Å². The van der Waals surface area contributed by atoms with E-state index in [9.17, 15) is 0 Å². The molecular formula is C16H22Cl2N2. The molecule has 1 aromatic rings. The highest BCUT2D eigenvalue weighted by atomic mass is 35.5. The van der Waals surface area contributed by atoms with Crippen LogP contribution >= 0.6 is 23.2 Å². The summed E-state index contributed by atoms with van der Waals surface area (Å²) in [7, 11) is 0. The summed E-state index contributed by atoms with van der Waals surface area (Å²) >= 11 is 12.4. The lowest BCUT2D eigenvalue weighted by molar-refractivity contribution is 0.0925. The maximum Gasteiger partial charge on any atom is 0.0468 e. The van der Waals surface area contributed by atoms with Crippen LogP contribution in [0.3, 0.4) is 0 Å². The molecule has 1 saturated heterocycles. The van der Waals surface area contributed by atoms with Crippen molar-refractivity contribution in [2.45, 2.75) is 44.8 Å². The molecule has 2 aliphatic rings. The van der Waals surface area contributed by atoms with E-state index in [1.165, 1.54) is 18.4 Å². The molecule has 0 spiro atoms. The van der Waals surface area contributed by atoms with Crippen LogP contribution in [0.1, 0.15) is 38.3 Å². The number of benzene rings is 1. The minimum atomic E-state index is 0.332. The van der Waals surface area contributed by atoms with Crippen molar-refractivity contribution in [2.24, 2.45) is 5.92 Å². The summed E-state index contributed by atoms with van der Waals surface area (Å²) in [5, 5.41) is 5.18. The Balaban J connectivity index is 1.78. The first-order valence-electron chi connectivity index (χ1n) is 7.50. The number of nitrogens with one attached hydrogen (secondary N) is 1. The Morgan fingerprint density at radius 1 is 1.30 bits per heavy atom. The Hall–Kier alpha value is -0.280. The van der Waals surface area contributed by atoms with E-state index in [-0.39, 0.29) is 0 Å². The van der Waals surface area contributed by atoms with Gasteiger partial charge in [-0.05, 0) is 50.3 Å². The number of halogens is 2. The van der Waals surface area contributed by atoms with Crippen molar-refractivity contribution in [2.75, 3.05) is 13.1 Å². The van der Waals surface area contributed by atoms with Crippen molar-refractivity contribution in [1.82, 2.24) is 10.2 Å². The van der Waals surface area contributed by atoms with Gasteiger partial charge in [-0.2, -0.15) is 0 Å². The van der Waals surface area contributed by atoms with Crippen molar-refractivity contribution < 1.29 is 0 Å². The Morgan fingerprint density at radius 2 is 2.05 bits per heavy atom. The molecule has 110 valence electrons. The maximum atomic E-state index is 6.38. The molecule has 4 heteroatoms. The van der Waals surface area contributed by atoms with E-state index in [1.807, 2.05) is 12.1 Å². The normalized spacial score (nSPS) is 29.4. The van der Waals surface area contributed by atoms with Crippen molar-refractivity contribution >= 4 is 23.2 Å². The summed E-state index contributed by atoms with van der Waals surface area (Å²) < 4.78 is 0. The summed E-state index contributed by atoms with van der Waals surface area (Å²) in [4.78, 5) is 2.58. The van der Waals surface area contributed by atoms with Crippen LogP contribution in [0.25, 0.3) is 0 Å². The maximum absolute atomic E-state index is 6.38. The van der Waals surface area contributed by atoms with E-state index in [0.29, 0.717) is 23.1 Å². The van der Waals surface area contributed by atoms with Gasteiger partial charge < -0.3 is 5.32 Å². The summed E-state index contributed by atoms with van der Waals surface area (Å²) in [6.07, 6.45) is 2.77.